The van der Waals surface area contributed by atoms with Crippen molar-refractivity contribution in [2.75, 3.05) is 41.5 Å². The van der Waals surface area contributed by atoms with Crippen LogP contribution in [0.25, 0.3) is 0 Å². The smallest absolute Gasteiger partial charge is 0.305 e. The summed E-state index contributed by atoms with van der Waals surface area (Å²) in [5.41, 5.74) is 1.32. The number of halogens is 1. The van der Waals surface area contributed by atoms with Crippen LogP contribution >= 0.6 is 24.0 Å². The third-order valence-corrected chi connectivity index (χ3v) is 5.95. The van der Waals surface area contributed by atoms with Crippen molar-refractivity contribution in [2.24, 2.45) is 4.99 Å². The Kier molecular flexibility index (Phi) is 12.7. The van der Waals surface area contributed by atoms with Gasteiger partial charge in [0, 0.05) is 32.0 Å². The van der Waals surface area contributed by atoms with Crippen LogP contribution in [0.4, 0.5) is 0 Å². The van der Waals surface area contributed by atoms with Crippen molar-refractivity contribution in [1.29, 1.82) is 0 Å². The molecule has 2 N–H and O–H groups in total. The number of aliphatic imine (C=N–C) groups is 1. The van der Waals surface area contributed by atoms with Crippen LogP contribution in [0.1, 0.15) is 56.9 Å². The molecule has 0 heterocycles. The Morgan fingerprint density at radius 1 is 1.03 bits per heavy atom. The van der Waals surface area contributed by atoms with Gasteiger partial charge in [0.25, 0.3) is 0 Å². The quantitative estimate of drug-likeness (QED) is 0.151. The molecule has 0 amide bonds. The van der Waals surface area contributed by atoms with Crippen molar-refractivity contribution >= 4 is 35.9 Å². The molecule has 2 rings (SSSR count). The number of nitrogens with one attached hydrogen (secondary N) is 2. The van der Waals surface area contributed by atoms with Gasteiger partial charge >= 0.3 is 5.97 Å². The molecule has 0 unspecified atom stereocenters. The maximum Gasteiger partial charge on any atom is 0.305 e. The second-order valence-corrected chi connectivity index (χ2v) is 7.80. The van der Waals surface area contributed by atoms with E-state index in [0.717, 1.165) is 56.2 Å². The second kappa shape index (κ2) is 14.4. The molecule has 0 radical (unpaired) electrons. The average Bonchev–Trinajstić information content (AvgIpc) is 2.80. The topological polar surface area (TPSA) is 81.2 Å². The van der Waals surface area contributed by atoms with Gasteiger partial charge in [0.05, 0.1) is 21.3 Å². The largest absolute Gasteiger partial charge is 0.493 e. The summed E-state index contributed by atoms with van der Waals surface area (Å²) >= 11 is 0. The number of methoxy groups -OCH3 is 3. The fourth-order valence-electron chi connectivity index (χ4n) is 4.14. The van der Waals surface area contributed by atoms with Gasteiger partial charge in [-0.25, -0.2) is 0 Å². The summed E-state index contributed by atoms with van der Waals surface area (Å²) < 4.78 is 15.6. The van der Waals surface area contributed by atoms with E-state index in [0.29, 0.717) is 6.42 Å². The summed E-state index contributed by atoms with van der Waals surface area (Å²) in [6.45, 7) is 1.57. The minimum absolute atomic E-state index is 0. The monoisotopic (exact) mass is 547 g/mol. The third-order valence-electron chi connectivity index (χ3n) is 5.95. The van der Waals surface area contributed by atoms with Crippen molar-refractivity contribution in [3.8, 4) is 11.5 Å². The van der Waals surface area contributed by atoms with Crippen LogP contribution in [0.5, 0.6) is 11.5 Å². The second-order valence-electron chi connectivity index (χ2n) is 7.80. The fourth-order valence-corrected chi connectivity index (χ4v) is 4.14. The molecule has 7 nitrogen and oxygen atoms in total. The molecule has 31 heavy (non-hydrogen) atoms. The minimum atomic E-state index is -0.160. The number of hydrogen-bond acceptors (Lipinski definition) is 5. The Hall–Kier alpha value is -1.71. The molecular weight excluding hydrogens is 509 g/mol. The number of hydrogen-bond donors (Lipinski definition) is 2. The molecular formula is C23H38IN3O4. The summed E-state index contributed by atoms with van der Waals surface area (Å²) in [6.07, 6.45) is 8.11. The van der Waals surface area contributed by atoms with E-state index in [4.69, 9.17) is 9.47 Å². The Morgan fingerprint density at radius 2 is 1.74 bits per heavy atom. The highest BCUT2D eigenvalue weighted by Gasteiger charge is 2.34. The predicted molar refractivity (Wildman–Crippen MR) is 135 cm³/mol. The number of nitrogens with zero attached hydrogens (tertiary/aromatic N) is 1. The van der Waals surface area contributed by atoms with Gasteiger partial charge in [-0.15, -0.1) is 24.0 Å². The summed E-state index contributed by atoms with van der Waals surface area (Å²) in [6, 6.07) is 6.28. The van der Waals surface area contributed by atoms with Gasteiger partial charge in [-0.2, -0.15) is 0 Å². The lowest BCUT2D eigenvalue weighted by atomic mass is 9.69. The molecule has 1 aromatic carbocycles. The van der Waals surface area contributed by atoms with E-state index >= 15 is 0 Å². The number of carbonyl (C=O) groups is 1. The maximum absolute atomic E-state index is 11.2. The molecule has 1 aliphatic rings. The van der Waals surface area contributed by atoms with Crippen molar-refractivity contribution in [3.63, 3.8) is 0 Å². The average molecular weight is 547 g/mol. The first-order chi connectivity index (χ1) is 14.6. The van der Waals surface area contributed by atoms with Crippen molar-refractivity contribution in [1.82, 2.24) is 10.6 Å². The molecule has 0 saturated heterocycles. The third kappa shape index (κ3) is 8.05. The first-order valence-electron chi connectivity index (χ1n) is 10.8. The lowest BCUT2D eigenvalue weighted by Crippen LogP contribution is -2.46. The Labute approximate surface area is 203 Å². The van der Waals surface area contributed by atoms with Gasteiger partial charge in [0.15, 0.2) is 17.5 Å². The van der Waals surface area contributed by atoms with E-state index in [-0.39, 0.29) is 35.4 Å². The van der Waals surface area contributed by atoms with Gasteiger partial charge in [-0.1, -0.05) is 25.3 Å². The van der Waals surface area contributed by atoms with E-state index in [1.54, 1.807) is 21.3 Å². The summed E-state index contributed by atoms with van der Waals surface area (Å²) in [7, 11) is 6.55. The number of guanidine groups is 1. The first kappa shape index (κ1) is 27.3. The standard InChI is InChI=1S/C23H37N3O4.HI/c1-24-22(25-15-9-6-10-21(27)30-4)26-17-23(13-7-5-8-14-23)18-11-12-19(28-2)20(16-18)29-3;/h11-12,16H,5-10,13-15,17H2,1-4H3,(H2,24,25,26);1H. The number of carbonyl (C=O) groups excluding carboxylic acids is 1. The normalized spacial score (nSPS) is 15.4. The van der Waals surface area contributed by atoms with Crippen LogP contribution in [0.3, 0.4) is 0 Å². The first-order valence-corrected chi connectivity index (χ1v) is 10.8. The molecule has 0 atom stereocenters. The highest BCUT2D eigenvalue weighted by molar-refractivity contribution is 14.0. The number of unbranched alkanes of at least 4 members (excludes halogenated alkanes) is 1. The van der Waals surface area contributed by atoms with Crippen molar-refractivity contribution in [2.45, 2.75) is 56.8 Å². The zero-order valence-electron chi connectivity index (χ0n) is 19.3. The lowest BCUT2D eigenvalue weighted by Gasteiger charge is -2.38. The van der Waals surface area contributed by atoms with E-state index < -0.39 is 0 Å². The van der Waals surface area contributed by atoms with E-state index in [2.05, 4.69) is 32.5 Å². The van der Waals surface area contributed by atoms with Crippen LogP contribution in [-0.4, -0.2) is 53.4 Å². The number of rotatable bonds is 10. The molecule has 1 saturated carbocycles. The van der Waals surface area contributed by atoms with Crippen molar-refractivity contribution < 1.29 is 19.0 Å². The molecule has 1 aromatic rings. The summed E-state index contributed by atoms with van der Waals surface area (Å²) in [4.78, 5) is 15.6. The predicted octanol–water partition coefficient (Wildman–Crippen LogP) is 4.03. The van der Waals surface area contributed by atoms with Crippen molar-refractivity contribution in [3.05, 3.63) is 23.8 Å². The van der Waals surface area contributed by atoms with E-state index in [9.17, 15) is 4.79 Å². The fraction of sp³-hybridized carbons (Fsp3) is 0.652. The Bertz CT molecular complexity index is 706. The highest BCUT2D eigenvalue weighted by atomic mass is 127. The molecule has 0 spiro atoms. The molecule has 8 heteroatoms. The zero-order valence-corrected chi connectivity index (χ0v) is 21.6. The molecule has 1 aliphatic carbocycles. The van der Waals surface area contributed by atoms with Gasteiger partial charge in [-0.05, 0) is 43.4 Å². The van der Waals surface area contributed by atoms with Gasteiger partial charge in [0.2, 0.25) is 0 Å². The van der Waals surface area contributed by atoms with E-state index in [1.807, 2.05) is 6.07 Å². The van der Waals surface area contributed by atoms with Crippen LogP contribution in [0.15, 0.2) is 23.2 Å². The van der Waals surface area contributed by atoms with Gasteiger partial charge in [-0.3, -0.25) is 9.79 Å². The SMILES string of the molecule is CN=C(NCCCCC(=O)OC)NCC1(c2ccc(OC)c(OC)c2)CCCCC1.I. The molecule has 1 fully saturated rings. The molecule has 0 bridgehead atoms. The summed E-state index contributed by atoms with van der Waals surface area (Å²) in [5.74, 6) is 2.16. The highest BCUT2D eigenvalue weighted by Crippen LogP contribution is 2.42. The number of ether oxygens (including phenoxy) is 3. The Morgan fingerprint density at radius 3 is 2.35 bits per heavy atom. The zero-order chi connectivity index (χ0) is 21.8. The Balaban J connectivity index is 0.00000480. The summed E-state index contributed by atoms with van der Waals surface area (Å²) in [5, 5.41) is 6.88. The van der Waals surface area contributed by atoms with Crippen LogP contribution < -0.4 is 20.1 Å². The molecule has 0 aromatic heterocycles. The van der Waals surface area contributed by atoms with Crippen LogP contribution in [0, 0.1) is 0 Å². The van der Waals surface area contributed by atoms with Crippen LogP contribution in [-0.2, 0) is 14.9 Å². The van der Waals surface area contributed by atoms with E-state index in [1.165, 1.54) is 31.9 Å². The van der Waals surface area contributed by atoms with Crippen LogP contribution in [0.2, 0.25) is 0 Å². The number of esters is 1. The van der Waals surface area contributed by atoms with Gasteiger partial charge < -0.3 is 24.8 Å². The number of benzene rings is 1. The molecule has 176 valence electrons. The maximum atomic E-state index is 11.2. The van der Waals surface area contributed by atoms with Gasteiger partial charge in [0.1, 0.15) is 0 Å². The molecule has 0 aliphatic heterocycles. The lowest BCUT2D eigenvalue weighted by molar-refractivity contribution is -0.140. The minimum Gasteiger partial charge on any atom is -0.493 e.